The van der Waals surface area contributed by atoms with Crippen LogP contribution in [-0.4, -0.2) is 19.9 Å². The minimum Gasteiger partial charge on any atom is -0.368 e. The zero-order valence-electron chi connectivity index (χ0n) is 11.8. The summed E-state index contributed by atoms with van der Waals surface area (Å²) in [6.07, 6.45) is -3.16. The minimum absolute atomic E-state index is 0.193. The van der Waals surface area contributed by atoms with Gasteiger partial charge in [-0.2, -0.15) is 17.9 Å². The van der Waals surface area contributed by atoms with Gasteiger partial charge in [0.25, 0.3) is 0 Å². The second-order valence-electron chi connectivity index (χ2n) is 5.40. The summed E-state index contributed by atoms with van der Waals surface area (Å²) in [5.74, 6) is -0.860. The quantitative estimate of drug-likeness (QED) is 0.853. The first-order chi connectivity index (χ1) is 10.5. The van der Waals surface area contributed by atoms with E-state index < -0.39 is 38.1 Å². The van der Waals surface area contributed by atoms with Gasteiger partial charge in [-0.1, -0.05) is 24.4 Å². The second kappa shape index (κ2) is 5.95. The zero-order valence-corrected chi connectivity index (χ0v) is 13.4. The van der Waals surface area contributed by atoms with Crippen molar-refractivity contribution >= 4 is 27.5 Å². The SMILES string of the molecule is NC(=O)C1(NS(=O)(=O)c2cc(C(F)(F)F)ccc2Cl)CCCC1. The number of sulfonamides is 1. The molecule has 1 aliphatic carbocycles. The molecule has 0 atom stereocenters. The molecule has 1 fully saturated rings. The molecule has 0 spiro atoms. The third-order valence-electron chi connectivity index (χ3n) is 3.81. The Morgan fingerprint density at radius 1 is 1.26 bits per heavy atom. The van der Waals surface area contributed by atoms with Gasteiger partial charge in [0.2, 0.25) is 15.9 Å². The van der Waals surface area contributed by atoms with Gasteiger partial charge >= 0.3 is 6.18 Å². The van der Waals surface area contributed by atoms with Crippen LogP contribution < -0.4 is 10.5 Å². The predicted octanol–water partition coefficient (Wildman–Crippen LogP) is 2.44. The van der Waals surface area contributed by atoms with Crippen molar-refractivity contribution < 1.29 is 26.4 Å². The first-order valence-electron chi connectivity index (χ1n) is 6.69. The fourth-order valence-electron chi connectivity index (χ4n) is 2.58. The van der Waals surface area contributed by atoms with Gasteiger partial charge < -0.3 is 5.73 Å². The molecule has 0 aromatic heterocycles. The highest BCUT2D eigenvalue weighted by atomic mass is 35.5. The molecule has 2 rings (SSSR count). The summed E-state index contributed by atoms with van der Waals surface area (Å²) in [5, 5.41) is -0.372. The largest absolute Gasteiger partial charge is 0.416 e. The number of amides is 1. The lowest BCUT2D eigenvalue weighted by atomic mass is 9.99. The maximum Gasteiger partial charge on any atom is 0.416 e. The molecule has 1 amide bonds. The fraction of sp³-hybridized carbons (Fsp3) is 0.462. The molecule has 5 nitrogen and oxygen atoms in total. The predicted molar refractivity (Wildman–Crippen MR) is 77.2 cm³/mol. The Morgan fingerprint density at radius 2 is 1.83 bits per heavy atom. The van der Waals surface area contributed by atoms with E-state index in [-0.39, 0.29) is 17.9 Å². The van der Waals surface area contributed by atoms with Gasteiger partial charge in [-0.3, -0.25) is 4.79 Å². The molecule has 0 aliphatic heterocycles. The van der Waals surface area contributed by atoms with Crippen molar-refractivity contribution in [1.29, 1.82) is 0 Å². The van der Waals surface area contributed by atoms with Crippen molar-refractivity contribution in [2.75, 3.05) is 0 Å². The summed E-state index contributed by atoms with van der Waals surface area (Å²) in [5.41, 5.74) is 2.64. The van der Waals surface area contributed by atoms with Gasteiger partial charge in [-0.15, -0.1) is 0 Å². The van der Waals surface area contributed by atoms with E-state index in [1.54, 1.807) is 0 Å². The Labute approximate surface area is 136 Å². The molecule has 0 saturated heterocycles. The van der Waals surface area contributed by atoms with Crippen molar-refractivity contribution in [1.82, 2.24) is 4.72 Å². The summed E-state index contributed by atoms with van der Waals surface area (Å²) in [4.78, 5) is 10.9. The second-order valence-corrected chi connectivity index (χ2v) is 7.46. The average molecular weight is 371 g/mol. The molecular formula is C13H14ClF3N2O3S. The number of hydrogen-bond acceptors (Lipinski definition) is 3. The van der Waals surface area contributed by atoms with E-state index in [0.717, 1.165) is 6.07 Å². The monoisotopic (exact) mass is 370 g/mol. The zero-order chi connectivity index (χ0) is 17.5. The number of nitrogens with one attached hydrogen (secondary N) is 1. The maximum atomic E-state index is 12.8. The van der Waals surface area contributed by atoms with Gasteiger partial charge in [0, 0.05) is 0 Å². The van der Waals surface area contributed by atoms with Gasteiger partial charge in [0.1, 0.15) is 10.4 Å². The number of carbonyl (C=O) groups excluding carboxylic acids is 1. The lowest BCUT2D eigenvalue weighted by molar-refractivity contribution is -0.137. The van der Waals surface area contributed by atoms with Crippen molar-refractivity contribution in [3.63, 3.8) is 0 Å². The lowest BCUT2D eigenvalue weighted by Gasteiger charge is -2.26. The highest BCUT2D eigenvalue weighted by Crippen LogP contribution is 2.35. The van der Waals surface area contributed by atoms with Crippen LogP contribution in [-0.2, 0) is 21.0 Å². The summed E-state index contributed by atoms with van der Waals surface area (Å²) in [7, 11) is -4.44. The van der Waals surface area contributed by atoms with Crippen LogP contribution in [0.1, 0.15) is 31.2 Å². The Hall–Kier alpha value is -1.32. The van der Waals surface area contributed by atoms with E-state index in [9.17, 15) is 26.4 Å². The van der Waals surface area contributed by atoms with E-state index >= 15 is 0 Å². The first kappa shape index (κ1) is 18.0. The summed E-state index contributed by atoms with van der Waals surface area (Å²) >= 11 is 5.74. The normalized spacial score (nSPS) is 18.1. The molecule has 1 aromatic rings. The summed E-state index contributed by atoms with van der Waals surface area (Å²) in [6.45, 7) is 0. The molecule has 10 heteroatoms. The van der Waals surface area contributed by atoms with Gasteiger partial charge in [-0.25, -0.2) is 8.42 Å². The average Bonchev–Trinajstić information content (AvgIpc) is 2.86. The van der Waals surface area contributed by atoms with E-state index in [1.165, 1.54) is 0 Å². The van der Waals surface area contributed by atoms with Crippen molar-refractivity contribution in [2.45, 2.75) is 42.3 Å². The highest BCUT2D eigenvalue weighted by Gasteiger charge is 2.44. The maximum absolute atomic E-state index is 12.8. The number of primary amides is 1. The molecule has 1 aliphatic rings. The number of halogens is 4. The van der Waals surface area contributed by atoms with Crippen LogP contribution in [0.25, 0.3) is 0 Å². The van der Waals surface area contributed by atoms with Crippen LogP contribution in [0, 0.1) is 0 Å². The molecule has 0 bridgehead atoms. The molecule has 1 aromatic carbocycles. The van der Waals surface area contributed by atoms with Gasteiger partial charge in [0.05, 0.1) is 10.6 Å². The van der Waals surface area contributed by atoms with Crippen molar-refractivity contribution in [3.8, 4) is 0 Å². The van der Waals surface area contributed by atoms with Crippen LogP contribution in [0.15, 0.2) is 23.1 Å². The molecule has 1 saturated carbocycles. The van der Waals surface area contributed by atoms with E-state index in [4.69, 9.17) is 17.3 Å². The Morgan fingerprint density at radius 3 is 2.30 bits per heavy atom. The molecule has 0 heterocycles. The Balaban J connectivity index is 2.46. The summed E-state index contributed by atoms with van der Waals surface area (Å²) < 4.78 is 65.3. The van der Waals surface area contributed by atoms with Crippen LogP contribution in [0.5, 0.6) is 0 Å². The molecule has 0 unspecified atom stereocenters. The number of benzene rings is 1. The van der Waals surface area contributed by atoms with Crippen LogP contribution in [0.3, 0.4) is 0 Å². The minimum atomic E-state index is -4.72. The fourth-order valence-corrected chi connectivity index (χ4v) is 4.53. The van der Waals surface area contributed by atoms with Crippen LogP contribution in [0.4, 0.5) is 13.2 Å². The van der Waals surface area contributed by atoms with Crippen LogP contribution >= 0.6 is 11.6 Å². The van der Waals surface area contributed by atoms with Crippen LogP contribution in [0.2, 0.25) is 5.02 Å². The highest BCUT2D eigenvalue weighted by molar-refractivity contribution is 7.89. The number of rotatable bonds is 4. The third-order valence-corrected chi connectivity index (χ3v) is 5.82. The third kappa shape index (κ3) is 3.61. The smallest absolute Gasteiger partial charge is 0.368 e. The molecule has 128 valence electrons. The van der Waals surface area contributed by atoms with Gasteiger partial charge in [-0.05, 0) is 31.0 Å². The number of carbonyl (C=O) groups is 1. The number of hydrogen-bond donors (Lipinski definition) is 2. The first-order valence-corrected chi connectivity index (χ1v) is 8.55. The molecular weight excluding hydrogens is 357 g/mol. The Bertz CT molecular complexity index is 728. The topological polar surface area (TPSA) is 89.3 Å². The van der Waals surface area contributed by atoms with E-state index in [1.807, 2.05) is 0 Å². The van der Waals surface area contributed by atoms with E-state index in [0.29, 0.717) is 25.0 Å². The number of nitrogens with two attached hydrogens (primary N) is 1. The summed E-state index contributed by atoms with van der Waals surface area (Å²) in [6, 6.07) is 1.97. The lowest BCUT2D eigenvalue weighted by Crippen LogP contribution is -2.55. The molecule has 3 N–H and O–H groups in total. The molecule has 0 radical (unpaired) electrons. The van der Waals surface area contributed by atoms with Crippen molar-refractivity contribution in [2.24, 2.45) is 5.73 Å². The van der Waals surface area contributed by atoms with Gasteiger partial charge in [0.15, 0.2) is 0 Å². The number of alkyl halides is 3. The molecule has 23 heavy (non-hydrogen) atoms. The standard InChI is InChI=1S/C13H14ClF3N2O3S/c14-9-4-3-8(13(15,16)17)7-10(9)23(21,22)19-12(11(18)20)5-1-2-6-12/h3-4,7,19H,1-2,5-6H2,(H2,18,20). The Kier molecular flexibility index (Phi) is 4.67. The van der Waals surface area contributed by atoms with Crippen molar-refractivity contribution in [3.05, 3.63) is 28.8 Å². The van der Waals surface area contributed by atoms with E-state index in [2.05, 4.69) is 4.72 Å².